The summed E-state index contributed by atoms with van der Waals surface area (Å²) in [6, 6.07) is 3.45. The molecule has 0 unspecified atom stereocenters. The first-order valence-electron chi connectivity index (χ1n) is 20.2. The molecule has 0 saturated carbocycles. The average molecular weight is 817 g/mol. The number of nitrogen functional groups attached to an aromatic ring is 1. The third-order valence-corrected chi connectivity index (χ3v) is 9.62. The summed E-state index contributed by atoms with van der Waals surface area (Å²) < 4.78 is 52.2. The van der Waals surface area contributed by atoms with Crippen molar-refractivity contribution in [2.45, 2.75) is 13.8 Å². The lowest BCUT2D eigenvalue weighted by atomic mass is 9.99. The fourth-order valence-electron chi connectivity index (χ4n) is 6.36. The third-order valence-electron chi connectivity index (χ3n) is 9.62. The Labute approximate surface area is 339 Å². The Hall–Kier alpha value is -3.82. The Morgan fingerprint density at radius 1 is 0.603 bits per heavy atom. The van der Waals surface area contributed by atoms with E-state index < -0.39 is 11.3 Å². The lowest BCUT2D eigenvalue weighted by molar-refractivity contribution is 0.0199. The molecule has 3 heterocycles. The quantitative estimate of drug-likeness (QED) is 0.241. The van der Waals surface area contributed by atoms with E-state index in [4.69, 9.17) is 53.0 Å². The van der Waals surface area contributed by atoms with Crippen molar-refractivity contribution in [2.24, 2.45) is 0 Å². The number of hydrogen-bond donors (Lipinski definition) is 3. The molecule has 0 atom stereocenters. The molecule has 58 heavy (non-hydrogen) atoms. The average Bonchev–Trinajstić information content (AvgIpc) is 3.22. The van der Waals surface area contributed by atoms with Crippen LogP contribution in [0.4, 0.5) is 5.69 Å². The molecule has 1 aromatic rings. The Morgan fingerprint density at radius 2 is 1.02 bits per heavy atom. The standard InChI is InChI=1S/C40H60N6O12/c1-29-3-4-31(39(48)45-9-17-54-25-21-50-13-5-42-6-14-51-22-26-55-18-10-45)34-37(29)58-38-30(2)36(47)33(41)32(35(38)44-34)40(49)46-11-19-56-27-23-52-15-7-43-8-16-53-24-28-57-20-12-46/h3-4,42-43H,5-28,41H2,1-2H3. The number of fused-ring (bicyclic) bond motifs is 2. The van der Waals surface area contributed by atoms with Crippen molar-refractivity contribution in [1.29, 1.82) is 0 Å². The van der Waals surface area contributed by atoms with Gasteiger partial charge in [0.05, 0.1) is 123 Å². The molecule has 4 aliphatic rings. The van der Waals surface area contributed by atoms with E-state index in [9.17, 15) is 14.4 Å². The maximum absolute atomic E-state index is 14.5. The van der Waals surface area contributed by atoms with Crippen molar-refractivity contribution in [3.05, 3.63) is 44.6 Å². The maximum Gasteiger partial charge on any atom is 0.258 e. The lowest BCUT2D eigenvalue weighted by Crippen LogP contribution is -2.39. The third kappa shape index (κ3) is 13.4. The lowest BCUT2D eigenvalue weighted by Gasteiger charge is -2.26. The second-order valence-corrected chi connectivity index (χ2v) is 13.7. The number of aryl methyl sites for hydroxylation is 1. The summed E-state index contributed by atoms with van der Waals surface area (Å²) in [5.41, 5.74) is 7.30. The van der Waals surface area contributed by atoms with Crippen molar-refractivity contribution in [1.82, 2.24) is 25.4 Å². The predicted octanol–water partition coefficient (Wildman–Crippen LogP) is 0.715. The van der Waals surface area contributed by atoms with Crippen LogP contribution in [-0.2, 0) is 37.9 Å². The molecule has 2 fully saturated rings. The van der Waals surface area contributed by atoms with Gasteiger partial charge in [-0.15, -0.1) is 0 Å². The largest absolute Gasteiger partial charge is 0.452 e. The van der Waals surface area contributed by atoms with E-state index in [1.54, 1.807) is 24.0 Å². The number of carbonyl (C=O) groups is 2. The van der Waals surface area contributed by atoms with Crippen molar-refractivity contribution < 1.29 is 51.9 Å². The van der Waals surface area contributed by atoms with Gasteiger partial charge < -0.3 is 68.5 Å². The highest BCUT2D eigenvalue weighted by Crippen LogP contribution is 2.35. The van der Waals surface area contributed by atoms with Gasteiger partial charge in [-0.05, 0) is 25.5 Å². The Morgan fingerprint density at radius 3 is 1.47 bits per heavy atom. The number of ether oxygens (including phenoxy) is 8. The van der Waals surface area contributed by atoms with Gasteiger partial charge in [0.25, 0.3) is 11.8 Å². The molecule has 0 bridgehead atoms. The van der Waals surface area contributed by atoms with E-state index in [2.05, 4.69) is 10.6 Å². The maximum atomic E-state index is 14.5. The van der Waals surface area contributed by atoms with Crippen LogP contribution in [0.3, 0.4) is 0 Å². The molecule has 1 aromatic carbocycles. The first-order chi connectivity index (χ1) is 28.4. The van der Waals surface area contributed by atoms with E-state index in [-0.39, 0.29) is 97.9 Å². The van der Waals surface area contributed by atoms with Crippen molar-refractivity contribution in [3.8, 4) is 11.5 Å². The smallest absolute Gasteiger partial charge is 0.258 e. The summed E-state index contributed by atoms with van der Waals surface area (Å²) in [6.45, 7) is 13.2. The van der Waals surface area contributed by atoms with Crippen LogP contribution in [0.2, 0.25) is 0 Å². The molecule has 0 spiro atoms. The van der Waals surface area contributed by atoms with Gasteiger partial charge in [0.1, 0.15) is 11.2 Å². The van der Waals surface area contributed by atoms with Gasteiger partial charge >= 0.3 is 0 Å². The zero-order valence-electron chi connectivity index (χ0n) is 33.9. The molecule has 2 amide bonds. The number of rotatable bonds is 2. The number of nitrogens with one attached hydrogen (secondary N) is 2. The molecular weight excluding hydrogens is 756 g/mol. The van der Waals surface area contributed by atoms with Crippen LogP contribution >= 0.6 is 0 Å². The van der Waals surface area contributed by atoms with Crippen molar-refractivity contribution >= 4 is 28.6 Å². The minimum atomic E-state index is -0.548. The minimum absolute atomic E-state index is 0.0741. The van der Waals surface area contributed by atoms with Gasteiger partial charge in [-0.2, -0.15) is 0 Å². The Balaban J connectivity index is 1.44. The summed E-state index contributed by atoms with van der Waals surface area (Å²) in [4.78, 5) is 50.6. The van der Waals surface area contributed by atoms with Crippen LogP contribution in [0.15, 0.2) is 21.3 Å². The van der Waals surface area contributed by atoms with Gasteiger partial charge in [0.15, 0.2) is 11.3 Å². The molecule has 18 nitrogen and oxygen atoms in total. The molecule has 322 valence electrons. The van der Waals surface area contributed by atoms with Crippen molar-refractivity contribution in [3.63, 3.8) is 0 Å². The zero-order valence-corrected chi connectivity index (χ0v) is 33.9. The summed E-state index contributed by atoms with van der Waals surface area (Å²) >= 11 is 0. The van der Waals surface area contributed by atoms with Crippen LogP contribution in [-0.4, -0.2) is 185 Å². The van der Waals surface area contributed by atoms with Crippen LogP contribution in [0, 0.1) is 13.8 Å². The van der Waals surface area contributed by atoms with E-state index in [1.165, 1.54) is 4.90 Å². The van der Waals surface area contributed by atoms with Gasteiger partial charge in [-0.1, -0.05) is 6.07 Å². The second kappa shape index (κ2) is 25.0. The summed E-state index contributed by atoms with van der Waals surface area (Å²) in [6.07, 6.45) is 0. The van der Waals surface area contributed by atoms with Gasteiger partial charge in [-0.3, -0.25) is 14.4 Å². The fourth-order valence-corrected chi connectivity index (χ4v) is 6.36. The molecular formula is C40H60N6O12. The van der Waals surface area contributed by atoms with Crippen molar-refractivity contribution in [2.75, 3.05) is 164 Å². The van der Waals surface area contributed by atoms with Crippen LogP contribution in [0.1, 0.15) is 31.8 Å². The number of aromatic nitrogens is 1. The van der Waals surface area contributed by atoms with E-state index in [0.29, 0.717) is 117 Å². The van der Waals surface area contributed by atoms with Crippen LogP contribution < -0.4 is 21.8 Å². The van der Waals surface area contributed by atoms with Crippen LogP contribution in [0.5, 0.6) is 0 Å². The normalized spacial score (nSPS) is 19.8. The number of benzene rings is 2. The summed E-state index contributed by atoms with van der Waals surface area (Å²) in [5, 5.41) is 6.51. The van der Waals surface area contributed by atoms with E-state index in [1.807, 2.05) is 6.92 Å². The monoisotopic (exact) mass is 816 g/mol. The molecule has 2 saturated heterocycles. The molecule has 1 aliphatic carbocycles. The summed E-state index contributed by atoms with van der Waals surface area (Å²) in [7, 11) is 0. The number of carbonyl (C=O) groups excluding carboxylic acids is 2. The molecule has 18 heteroatoms. The SMILES string of the molecule is Cc1c2oc3c(C)ccc(C(=O)N4CCOCCOCCNCCOCCOCC4)c3nc-2c(C(=O)N2CCOCCOCCNCCOCCOCC2)c(N)c1=O. The highest BCUT2D eigenvalue weighted by molar-refractivity contribution is 6.08. The topological polar surface area (TPSA) is 208 Å². The number of nitrogens with zero attached hydrogens (tertiary/aromatic N) is 3. The first-order valence-corrected chi connectivity index (χ1v) is 20.2. The molecule has 5 rings (SSSR count). The van der Waals surface area contributed by atoms with Crippen LogP contribution in [0.25, 0.3) is 22.6 Å². The fraction of sp³-hybridized carbons (Fsp3) is 0.650. The number of nitrogens with two attached hydrogens (primary N) is 1. The molecule has 0 aromatic heterocycles. The zero-order chi connectivity index (χ0) is 41.0. The van der Waals surface area contributed by atoms with Gasteiger partial charge in [-0.25, -0.2) is 4.98 Å². The number of anilines is 1. The highest BCUT2D eigenvalue weighted by Gasteiger charge is 2.32. The van der Waals surface area contributed by atoms with Gasteiger partial charge in [0, 0.05) is 57.9 Å². The number of hydrogen-bond acceptors (Lipinski definition) is 16. The van der Waals surface area contributed by atoms with E-state index in [0.717, 1.165) is 0 Å². The Bertz CT molecular complexity index is 1720. The molecule has 4 N–H and O–H groups in total. The first kappa shape index (κ1) is 45.3. The Kier molecular flexibility index (Phi) is 19.5. The minimum Gasteiger partial charge on any atom is -0.452 e. The molecule has 3 aliphatic heterocycles. The predicted molar refractivity (Wildman–Crippen MR) is 215 cm³/mol. The second-order valence-electron chi connectivity index (χ2n) is 13.7. The summed E-state index contributed by atoms with van der Waals surface area (Å²) in [5.74, 6) is -0.774. The highest BCUT2D eigenvalue weighted by atomic mass is 16.5. The molecule has 0 radical (unpaired) electrons. The van der Waals surface area contributed by atoms with E-state index >= 15 is 0 Å². The number of amides is 2. The van der Waals surface area contributed by atoms with Gasteiger partial charge in [0.2, 0.25) is 5.43 Å².